The maximum absolute atomic E-state index is 4.58. The Kier molecular flexibility index (Phi) is 4.12. The van der Waals surface area contributed by atoms with Gasteiger partial charge in [0.05, 0.1) is 15.6 Å². The van der Waals surface area contributed by atoms with E-state index in [0.29, 0.717) is 0 Å². The van der Waals surface area contributed by atoms with Gasteiger partial charge in [0, 0.05) is 26.2 Å². The number of nitrogens with zero attached hydrogens (tertiary/aromatic N) is 9. The molecule has 0 aliphatic carbocycles. The van der Waals surface area contributed by atoms with Crippen molar-refractivity contribution < 1.29 is 0 Å². The number of hydrogen-bond acceptors (Lipinski definition) is 9. The van der Waals surface area contributed by atoms with E-state index in [0.717, 1.165) is 64.7 Å². The van der Waals surface area contributed by atoms with Gasteiger partial charge in [-0.1, -0.05) is 0 Å². The third kappa shape index (κ3) is 3.05. The summed E-state index contributed by atoms with van der Waals surface area (Å²) in [4.78, 5) is 10.1. The number of hydrogen-bond donors (Lipinski definition) is 0. The van der Waals surface area contributed by atoms with Crippen LogP contribution < -0.4 is 9.80 Å². The summed E-state index contributed by atoms with van der Waals surface area (Å²) in [5, 5.41) is 22.4. The number of thiazole rings is 1. The zero-order valence-electron chi connectivity index (χ0n) is 15.6. The fourth-order valence-electron chi connectivity index (χ4n) is 3.44. The van der Waals surface area contributed by atoms with Gasteiger partial charge < -0.3 is 9.80 Å². The maximum atomic E-state index is 4.58. The largest absolute Gasteiger partial charge is 0.352 e. The van der Waals surface area contributed by atoms with Crippen molar-refractivity contribution in [3.05, 3.63) is 41.3 Å². The summed E-state index contributed by atoms with van der Waals surface area (Å²) in [5.41, 5.74) is 2.65. The Balaban J connectivity index is 1.28. The number of fused-ring (bicyclic) bond motifs is 1. The van der Waals surface area contributed by atoms with Crippen molar-refractivity contribution in [2.24, 2.45) is 0 Å². The number of rotatable bonds is 3. The molecule has 1 aliphatic rings. The molecule has 0 radical (unpaired) electrons. The lowest BCUT2D eigenvalue weighted by molar-refractivity contribution is 0.633. The minimum atomic E-state index is 0.754. The van der Waals surface area contributed by atoms with Crippen LogP contribution in [0.3, 0.4) is 0 Å². The maximum Gasteiger partial charge on any atom is 0.177 e. The average molecular weight is 393 g/mol. The highest BCUT2D eigenvalue weighted by atomic mass is 32.1. The van der Waals surface area contributed by atoms with E-state index >= 15 is 0 Å². The molecule has 0 spiro atoms. The van der Waals surface area contributed by atoms with Gasteiger partial charge in [-0.05, 0) is 38.1 Å². The zero-order chi connectivity index (χ0) is 19.1. The van der Waals surface area contributed by atoms with Crippen LogP contribution in [0.1, 0.15) is 10.7 Å². The molecule has 142 valence electrons. The molecule has 9 nitrogen and oxygen atoms in total. The topological polar surface area (TPSA) is 88.2 Å². The Morgan fingerprint density at radius 2 is 1.61 bits per heavy atom. The van der Waals surface area contributed by atoms with Crippen molar-refractivity contribution in [2.45, 2.75) is 13.8 Å². The summed E-state index contributed by atoms with van der Waals surface area (Å²) < 4.78 is 1.70. The summed E-state index contributed by atoms with van der Waals surface area (Å²) in [5.74, 6) is 1.84. The molecule has 1 aliphatic heterocycles. The van der Waals surface area contributed by atoms with Gasteiger partial charge in [-0.25, -0.2) is 4.98 Å². The van der Waals surface area contributed by atoms with Crippen LogP contribution in [-0.2, 0) is 0 Å². The van der Waals surface area contributed by atoms with Crippen LogP contribution >= 0.6 is 11.3 Å². The molecule has 28 heavy (non-hydrogen) atoms. The van der Waals surface area contributed by atoms with E-state index in [1.165, 1.54) is 0 Å². The molecule has 0 N–H and O–H groups in total. The summed E-state index contributed by atoms with van der Waals surface area (Å²) in [7, 11) is 0. The lowest BCUT2D eigenvalue weighted by Crippen LogP contribution is -2.47. The van der Waals surface area contributed by atoms with Crippen LogP contribution in [0.15, 0.2) is 30.6 Å². The summed E-state index contributed by atoms with van der Waals surface area (Å²) in [6.45, 7) is 7.51. The van der Waals surface area contributed by atoms with Gasteiger partial charge in [-0.3, -0.25) is 0 Å². The number of aromatic nitrogens is 7. The normalized spacial score (nSPS) is 14.8. The van der Waals surface area contributed by atoms with E-state index in [9.17, 15) is 0 Å². The molecule has 0 atom stereocenters. The Labute approximate surface area is 165 Å². The first kappa shape index (κ1) is 17.0. The van der Waals surface area contributed by atoms with Gasteiger partial charge in [-0.2, -0.15) is 4.52 Å². The Hall–Kier alpha value is -3.14. The predicted molar refractivity (Wildman–Crippen MR) is 108 cm³/mol. The van der Waals surface area contributed by atoms with Crippen molar-refractivity contribution in [2.75, 3.05) is 36.0 Å². The lowest BCUT2D eigenvalue weighted by atomic mass is 10.2. The molecule has 0 amide bonds. The zero-order valence-corrected chi connectivity index (χ0v) is 16.5. The molecule has 0 aromatic carbocycles. The number of anilines is 2. The molecule has 0 saturated carbocycles. The summed E-state index contributed by atoms with van der Waals surface area (Å²) >= 11 is 1.66. The van der Waals surface area contributed by atoms with Crippen LogP contribution in [0.25, 0.3) is 16.2 Å². The van der Waals surface area contributed by atoms with E-state index < -0.39 is 0 Å². The van der Waals surface area contributed by atoms with E-state index in [1.807, 2.05) is 38.1 Å². The Morgan fingerprint density at radius 3 is 2.29 bits per heavy atom. The molecular weight excluding hydrogens is 374 g/mol. The van der Waals surface area contributed by atoms with Crippen LogP contribution in [0, 0.1) is 13.8 Å². The average Bonchev–Trinajstić information content (AvgIpc) is 3.33. The first-order chi connectivity index (χ1) is 13.7. The Bertz CT molecular complexity index is 1110. The summed E-state index contributed by atoms with van der Waals surface area (Å²) in [6.07, 6.45) is 1.62. The van der Waals surface area contributed by atoms with E-state index in [2.05, 4.69) is 40.3 Å². The Morgan fingerprint density at radius 1 is 0.857 bits per heavy atom. The third-order valence-corrected chi connectivity index (χ3v) is 5.96. The van der Waals surface area contributed by atoms with Crippen LogP contribution in [0.4, 0.5) is 11.6 Å². The minimum absolute atomic E-state index is 0.754. The number of piperazine rings is 1. The highest BCUT2D eigenvalue weighted by molar-refractivity contribution is 7.15. The molecular formula is C18H19N9S. The molecule has 4 aromatic heterocycles. The fraction of sp³-hybridized carbons (Fsp3) is 0.333. The van der Waals surface area contributed by atoms with Gasteiger partial charge in [0.1, 0.15) is 17.8 Å². The van der Waals surface area contributed by atoms with Crippen molar-refractivity contribution in [1.29, 1.82) is 0 Å². The van der Waals surface area contributed by atoms with Crippen LogP contribution in [-0.4, -0.2) is 61.2 Å². The predicted octanol–water partition coefficient (Wildman–Crippen LogP) is 1.98. The van der Waals surface area contributed by atoms with Crippen molar-refractivity contribution >= 4 is 28.6 Å². The van der Waals surface area contributed by atoms with Gasteiger partial charge in [0.2, 0.25) is 0 Å². The van der Waals surface area contributed by atoms with Crippen LogP contribution in [0.5, 0.6) is 0 Å². The van der Waals surface area contributed by atoms with Gasteiger partial charge in [0.15, 0.2) is 11.5 Å². The number of aryl methyl sites for hydroxylation is 2. The third-order valence-electron chi connectivity index (χ3n) is 4.86. The molecule has 1 saturated heterocycles. The summed E-state index contributed by atoms with van der Waals surface area (Å²) in [6, 6.07) is 8.02. The molecule has 5 heterocycles. The van der Waals surface area contributed by atoms with Gasteiger partial charge in [0.25, 0.3) is 0 Å². The second-order valence-electron chi connectivity index (χ2n) is 6.72. The minimum Gasteiger partial charge on any atom is -0.352 e. The van der Waals surface area contributed by atoms with Gasteiger partial charge in [-0.15, -0.1) is 36.8 Å². The van der Waals surface area contributed by atoms with E-state index in [4.69, 9.17) is 0 Å². The van der Waals surface area contributed by atoms with Crippen molar-refractivity contribution in [3.8, 4) is 10.6 Å². The molecule has 1 fully saturated rings. The first-order valence-electron chi connectivity index (χ1n) is 9.12. The highest BCUT2D eigenvalue weighted by Gasteiger charge is 2.20. The molecule has 10 heteroatoms. The monoisotopic (exact) mass is 393 g/mol. The SMILES string of the molecule is Cc1nc(C)c(-c2ccc(N3CCN(c4ccc5nncn5n4)CC3)nn2)s1. The second kappa shape index (κ2) is 6.79. The fourth-order valence-corrected chi connectivity index (χ4v) is 4.32. The van der Waals surface area contributed by atoms with E-state index in [-0.39, 0.29) is 0 Å². The molecule has 0 unspecified atom stereocenters. The first-order valence-corrected chi connectivity index (χ1v) is 9.94. The van der Waals surface area contributed by atoms with Crippen LogP contribution in [0.2, 0.25) is 0 Å². The molecule has 5 rings (SSSR count). The van der Waals surface area contributed by atoms with E-state index in [1.54, 1.807) is 22.2 Å². The standard InChI is InChI=1S/C18H19N9S/c1-12-18(28-13(2)20-12)14-3-4-15(23-21-14)25-7-9-26(10-8-25)17-6-5-16-22-19-11-27(16)24-17/h3-6,11H,7-10H2,1-2H3. The van der Waals surface area contributed by atoms with Crippen molar-refractivity contribution in [1.82, 2.24) is 35.0 Å². The molecule has 4 aromatic rings. The smallest absolute Gasteiger partial charge is 0.177 e. The van der Waals surface area contributed by atoms with Crippen molar-refractivity contribution in [3.63, 3.8) is 0 Å². The lowest BCUT2D eigenvalue weighted by Gasteiger charge is -2.35. The highest BCUT2D eigenvalue weighted by Crippen LogP contribution is 2.28. The quantitative estimate of drug-likeness (QED) is 0.522. The molecule has 0 bridgehead atoms. The van der Waals surface area contributed by atoms with Gasteiger partial charge >= 0.3 is 0 Å². The second-order valence-corrected chi connectivity index (χ2v) is 7.93.